The van der Waals surface area contributed by atoms with Crippen molar-refractivity contribution >= 4 is 33.6 Å². The molecule has 0 fully saturated rings. The van der Waals surface area contributed by atoms with Crippen LogP contribution in [0.5, 0.6) is 0 Å². The van der Waals surface area contributed by atoms with Crippen molar-refractivity contribution in [3.63, 3.8) is 0 Å². The van der Waals surface area contributed by atoms with Crippen LogP contribution < -0.4 is 11.5 Å². The maximum atomic E-state index is 11.9. The van der Waals surface area contributed by atoms with Gasteiger partial charge in [-0.25, -0.2) is 0 Å². The summed E-state index contributed by atoms with van der Waals surface area (Å²) in [7, 11) is 0. The van der Waals surface area contributed by atoms with Crippen molar-refractivity contribution in [1.82, 2.24) is 9.97 Å². The number of fused-ring (bicyclic) bond motifs is 3. The minimum absolute atomic E-state index is 0.0929. The second kappa shape index (κ2) is 6.00. The number of primary amides is 2. The Labute approximate surface area is 132 Å². The topological polar surface area (TPSA) is 112 Å². The predicted molar refractivity (Wildman–Crippen MR) is 87.4 cm³/mol. The van der Waals surface area contributed by atoms with E-state index in [1.807, 2.05) is 24.3 Å². The van der Waals surface area contributed by atoms with Gasteiger partial charge in [-0.15, -0.1) is 0 Å². The predicted octanol–water partition coefficient (Wildman–Crippen LogP) is 1.62. The van der Waals surface area contributed by atoms with E-state index < -0.39 is 17.7 Å². The maximum Gasteiger partial charge on any atom is 0.225 e. The molecule has 0 saturated heterocycles. The van der Waals surface area contributed by atoms with Crippen LogP contribution >= 0.6 is 0 Å². The Morgan fingerprint density at radius 2 is 1.87 bits per heavy atom. The van der Waals surface area contributed by atoms with Gasteiger partial charge in [-0.05, 0) is 30.2 Å². The van der Waals surface area contributed by atoms with E-state index in [9.17, 15) is 9.59 Å². The van der Waals surface area contributed by atoms with Crippen molar-refractivity contribution in [2.75, 3.05) is 0 Å². The zero-order valence-corrected chi connectivity index (χ0v) is 12.4. The third-order valence-corrected chi connectivity index (χ3v) is 3.91. The molecule has 0 radical (unpaired) electrons. The summed E-state index contributed by atoms with van der Waals surface area (Å²) in [6, 6.07) is 9.37. The average molecular weight is 308 g/mol. The fourth-order valence-corrected chi connectivity index (χ4v) is 2.84. The molecule has 0 spiro atoms. The number of carbonyl (C=O) groups is 2. The van der Waals surface area contributed by atoms with E-state index in [1.54, 1.807) is 18.5 Å². The van der Waals surface area contributed by atoms with Crippen LogP contribution in [-0.2, 0) is 9.59 Å². The number of carbonyl (C=O) groups excluding carboxylic acids is 2. The van der Waals surface area contributed by atoms with Gasteiger partial charge in [0.2, 0.25) is 11.8 Å². The second-order valence-electron chi connectivity index (χ2n) is 5.39. The fraction of sp³-hybridized carbons (Fsp3) is 0.176. The molecule has 1 unspecified atom stereocenters. The molecular weight excluding hydrogens is 292 g/mol. The molecule has 2 heterocycles. The van der Waals surface area contributed by atoms with E-state index in [2.05, 4.69) is 9.97 Å². The highest BCUT2D eigenvalue weighted by Gasteiger charge is 2.22. The van der Waals surface area contributed by atoms with Gasteiger partial charge in [-0.3, -0.25) is 19.6 Å². The van der Waals surface area contributed by atoms with Gasteiger partial charge in [0.1, 0.15) is 0 Å². The third-order valence-electron chi connectivity index (χ3n) is 3.91. The summed E-state index contributed by atoms with van der Waals surface area (Å²) >= 11 is 0. The van der Waals surface area contributed by atoms with Crippen LogP contribution in [0.4, 0.5) is 0 Å². The van der Waals surface area contributed by atoms with Gasteiger partial charge >= 0.3 is 0 Å². The normalized spacial score (nSPS) is 12.3. The molecule has 0 aliphatic rings. The number of nitrogens with zero attached hydrogens (tertiary/aromatic N) is 2. The Hall–Kier alpha value is -3.02. The van der Waals surface area contributed by atoms with Crippen LogP contribution in [0.1, 0.15) is 24.3 Å². The molecule has 4 N–H and O–H groups in total. The lowest BCUT2D eigenvalue weighted by atomic mass is 9.90. The third kappa shape index (κ3) is 2.83. The first-order valence-electron chi connectivity index (χ1n) is 7.28. The van der Waals surface area contributed by atoms with Gasteiger partial charge in [-0.1, -0.05) is 12.1 Å². The van der Waals surface area contributed by atoms with Crippen LogP contribution in [0.25, 0.3) is 21.8 Å². The van der Waals surface area contributed by atoms with E-state index in [0.29, 0.717) is 0 Å². The zero-order chi connectivity index (χ0) is 16.4. The summed E-state index contributed by atoms with van der Waals surface area (Å²) < 4.78 is 0. The van der Waals surface area contributed by atoms with E-state index in [0.717, 1.165) is 27.4 Å². The lowest BCUT2D eigenvalue weighted by Gasteiger charge is -2.16. The molecule has 23 heavy (non-hydrogen) atoms. The lowest BCUT2D eigenvalue weighted by molar-refractivity contribution is -0.120. The number of amides is 2. The molecule has 2 aromatic heterocycles. The molecule has 6 heteroatoms. The molecule has 2 amide bonds. The first kappa shape index (κ1) is 14.9. The molecular formula is C17H16N4O2. The van der Waals surface area contributed by atoms with Crippen LogP contribution in [-0.4, -0.2) is 21.8 Å². The Morgan fingerprint density at radius 3 is 2.61 bits per heavy atom. The largest absolute Gasteiger partial charge is 0.370 e. The molecule has 0 bridgehead atoms. The number of rotatable bonds is 5. The number of pyridine rings is 2. The first-order valence-corrected chi connectivity index (χ1v) is 7.28. The van der Waals surface area contributed by atoms with Crippen LogP contribution in [0, 0.1) is 0 Å². The van der Waals surface area contributed by atoms with Crippen LogP contribution in [0.2, 0.25) is 0 Å². The van der Waals surface area contributed by atoms with Gasteiger partial charge in [0.15, 0.2) is 0 Å². The average Bonchev–Trinajstić information content (AvgIpc) is 2.54. The molecule has 0 aliphatic heterocycles. The minimum atomic E-state index is -0.611. The quantitative estimate of drug-likeness (QED) is 0.697. The molecule has 3 rings (SSSR count). The van der Waals surface area contributed by atoms with Crippen molar-refractivity contribution < 1.29 is 9.59 Å². The highest BCUT2D eigenvalue weighted by Crippen LogP contribution is 2.32. The monoisotopic (exact) mass is 308 g/mol. The zero-order valence-electron chi connectivity index (χ0n) is 12.4. The molecule has 0 aliphatic carbocycles. The molecule has 1 aromatic carbocycles. The molecule has 116 valence electrons. The lowest BCUT2D eigenvalue weighted by Crippen LogP contribution is -2.23. The van der Waals surface area contributed by atoms with Crippen molar-refractivity contribution in [2.45, 2.75) is 18.8 Å². The highest BCUT2D eigenvalue weighted by atomic mass is 16.1. The summed E-state index contributed by atoms with van der Waals surface area (Å²) in [6.45, 7) is 0. The van der Waals surface area contributed by atoms with Gasteiger partial charge in [-0.2, -0.15) is 0 Å². The van der Waals surface area contributed by atoms with Crippen molar-refractivity contribution in [1.29, 1.82) is 0 Å². The Bertz CT molecular complexity index is 907. The Morgan fingerprint density at radius 1 is 1.04 bits per heavy atom. The number of hydrogen-bond acceptors (Lipinski definition) is 4. The Kier molecular flexibility index (Phi) is 3.89. The number of nitrogens with two attached hydrogens (primary N) is 2. The van der Waals surface area contributed by atoms with Gasteiger partial charge < -0.3 is 11.5 Å². The summed E-state index contributed by atoms with van der Waals surface area (Å²) in [5, 5.41) is 1.74. The fourth-order valence-electron chi connectivity index (χ4n) is 2.84. The Balaban J connectivity index is 2.24. The highest BCUT2D eigenvalue weighted by molar-refractivity contribution is 6.07. The molecule has 1 atom stereocenters. The second-order valence-corrected chi connectivity index (χ2v) is 5.39. The number of hydrogen-bond donors (Lipinski definition) is 2. The van der Waals surface area contributed by atoms with E-state index >= 15 is 0 Å². The summed E-state index contributed by atoms with van der Waals surface area (Å²) in [4.78, 5) is 31.8. The van der Waals surface area contributed by atoms with Gasteiger partial charge in [0.05, 0.1) is 17.0 Å². The van der Waals surface area contributed by atoms with Gasteiger partial charge in [0, 0.05) is 29.6 Å². The van der Waals surface area contributed by atoms with E-state index in [1.165, 1.54) is 0 Å². The maximum absolute atomic E-state index is 11.9. The first-order chi connectivity index (χ1) is 11.1. The smallest absolute Gasteiger partial charge is 0.225 e. The van der Waals surface area contributed by atoms with E-state index in [-0.39, 0.29) is 12.8 Å². The summed E-state index contributed by atoms with van der Waals surface area (Å²) in [6.07, 6.45) is 3.69. The van der Waals surface area contributed by atoms with Crippen molar-refractivity contribution in [2.24, 2.45) is 11.5 Å². The number of aromatic nitrogens is 2. The van der Waals surface area contributed by atoms with Crippen LogP contribution in [0.3, 0.4) is 0 Å². The SMILES string of the molecule is NC(=O)CCC(C(N)=O)c1ccnc2ccc3cccnc3c12. The number of benzene rings is 1. The van der Waals surface area contributed by atoms with Gasteiger partial charge in [0.25, 0.3) is 0 Å². The summed E-state index contributed by atoms with van der Waals surface area (Å²) in [5.41, 5.74) is 13.0. The van der Waals surface area contributed by atoms with E-state index in [4.69, 9.17) is 11.5 Å². The van der Waals surface area contributed by atoms with Crippen molar-refractivity contribution in [3.8, 4) is 0 Å². The standard InChI is InChI=1S/C17H16N4O2/c18-14(22)6-4-12(17(19)23)11-7-9-20-13-5-3-10-2-1-8-21-16(10)15(11)13/h1-3,5,7-9,12H,4,6H2,(H2,18,22)(H2,19,23). The van der Waals surface area contributed by atoms with Crippen LogP contribution in [0.15, 0.2) is 42.7 Å². The molecule has 0 saturated carbocycles. The minimum Gasteiger partial charge on any atom is -0.370 e. The molecule has 3 aromatic rings. The summed E-state index contributed by atoms with van der Waals surface area (Å²) in [5.74, 6) is -1.56. The molecule has 6 nitrogen and oxygen atoms in total. The van der Waals surface area contributed by atoms with Crippen molar-refractivity contribution in [3.05, 3.63) is 48.3 Å².